The van der Waals surface area contributed by atoms with Crippen LogP contribution in [0.1, 0.15) is 0 Å². The van der Waals surface area contributed by atoms with Gasteiger partial charge in [-0.15, -0.1) is 0 Å². The highest BCUT2D eigenvalue weighted by Crippen LogP contribution is 2.45. The van der Waals surface area contributed by atoms with Gasteiger partial charge in [0.25, 0.3) is 0 Å². The molecule has 2 aliphatic rings. The summed E-state index contributed by atoms with van der Waals surface area (Å²) in [5.41, 5.74) is 11.8. The molecule has 0 N–H and O–H groups in total. The highest BCUT2D eigenvalue weighted by molar-refractivity contribution is 6.93. The van der Waals surface area contributed by atoms with E-state index in [4.69, 9.17) is 0 Å². The van der Waals surface area contributed by atoms with E-state index < -0.39 is 0 Å². The SMILES string of the molecule is c1ccc(N2B3c4c(cccc4-n4c5cccc6ccc7ccc3c4c7c65)-c3ccccc32)cc1. The van der Waals surface area contributed by atoms with Crippen molar-refractivity contribution in [2.75, 3.05) is 4.81 Å². The molecule has 0 fully saturated rings. The summed E-state index contributed by atoms with van der Waals surface area (Å²) in [5.74, 6) is 0. The molecule has 9 rings (SSSR count). The highest BCUT2D eigenvalue weighted by Gasteiger charge is 2.43. The van der Waals surface area contributed by atoms with Crippen LogP contribution in [-0.2, 0) is 0 Å². The molecule has 6 aromatic carbocycles. The first kappa shape index (κ1) is 17.9. The number of hydrogen-bond acceptors (Lipinski definition) is 1. The van der Waals surface area contributed by atoms with E-state index in [0.717, 1.165) is 0 Å². The summed E-state index contributed by atoms with van der Waals surface area (Å²) in [6.07, 6.45) is 0. The van der Waals surface area contributed by atoms with Gasteiger partial charge in [-0.3, -0.25) is 0 Å². The Morgan fingerprint density at radius 2 is 1.23 bits per heavy atom. The maximum absolute atomic E-state index is 2.55. The number of para-hydroxylation sites is 2. The quantitative estimate of drug-likeness (QED) is 0.205. The van der Waals surface area contributed by atoms with Crippen molar-refractivity contribution in [2.24, 2.45) is 0 Å². The van der Waals surface area contributed by atoms with Crippen molar-refractivity contribution in [1.82, 2.24) is 4.57 Å². The van der Waals surface area contributed by atoms with E-state index in [1.54, 1.807) is 0 Å². The van der Waals surface area contributed by atoms with Crippen molar-refractivity contribution in [3.8, 4) is 16.8 Å². The van der Waals surface area contributed by atoms with Crippen molar-refractivity contribution in [3.05, 3.63) is 115 Å². The molecule has 0 spiro atoms. The molecule has 1 aromatic heterocycles. The fraction of sp³-hybridized carbons (Fsp3) is 0. The fourth-order valence-corrected chi connectivity index (χ4v) is 6.81. The molecule has 3 heterocycles. The maximum Gasteiger partial charge on any atom is 0.333 e. The van der Waals surface area contributed by atoms with Gasteiger partial charge in [0.2, 0.25) is 0 Å². The average molecular weight is 442 g/mol. The zero-order valence-corrected chi connectivity index (χ0v) is 18.9. The summed E-state index contributed by atoms with van der Waals surface area (Å²) < 4.78 is 2.53. The van der Waals surface area contributed by atoms with Gasteiger partial charge < -0.3 is 9.38 Å². The molecule has 0 atom stereocenters. The van der Waals surface area contributed by atoms with Crippen LogP contribution in [-0.4, -0.2) is 11.4 Å². The van der Waals surface area contributed by atoms with Crippen molar-refractivity contribution in [3.63, 3.8) is 0 Å². The Labute approximate surface area is 203 Å². The van der Waals surface area contributed by atoms with Gasteiger partial charge in [-0.25, -0.2) is 0 Å². The summed E-state index contributed by atoms with van der Waals surface area (Å²) in [5, 5.41) is 5.39. The Kier molecular flexibility index (Phi) is 3.14. The molecule has 3 heteroatoms. The minimum Gasteiger partial charge on any atom is -0.376 e. The molecule has 2 aliphatic heterocycles. The number of nitrogens with zero attached hydrogens (tertiary/aromatic N) is 2. The lowest BCUT2D eigenvalue weighted by Crippen LogP contribution is -2.60. The number of rotatable bonds is 1. The second-order valence-corrected chi connectivity index (χ2v) is 9.74. The fourth-order valence-electron chi connectivity index (χ4n) is 6.81. The summed E-state index contributed by atoms with van der Waals surface area (Å²) in [7, 11) is 0. The maximum atomic E-state index is 2.55. The van der Waals surface area contributed by atoms with Crippen molar-refractivity contribution < 1.29 is 0 Å². The van der Waals surface area contributed by atoms with Crippen molar-refractivity contribution in [2.45, 2.75) is 0 Å². The van der Waals surface area contributed by atoms with Gasteiger partial charge in [-0.2, -0.15) is 0 Å². The second-order valence-electron chi connectivity index (χ2n) is 9.74. The molecule has 7 aromatic rings. The Bertz CT molecular complexity index is 1970. The van der Waals surface area contributed by atoms with Gasteiger partial charge in [0.15, 0.2) is 0 Å². The summed E-state index contributed by atoms with van der Waals surface area (Å²) >= 11 is 0. The molecule has 0 saturated heterocycles. The first-order chi connectivity index (χ1) is 17.4. The van der Waals surface area contributed by atoms with Gasteiger partial charge >= 0.3 is 6.85 Å². The van der Waals surface area contributed by atoms with Crippen LogP contribution in [0.4, 0.5) is 11.4 Å². The Morgan fingerprint density at radius 1 is 0.514 bits per heavy atom. The smallest absolute Gasteiger partial charge is 0.333 e. The minimum atomic E-state index is 0.110. The lowest BCUT2D eigenvalue weighted by atomic mass is 9.44. The number of fused-ring (bicyclic) bond motifs is 5. The predicted molar refractivity (Wildman–Crippen MR) is 149 cm³/mol. The third-order valence-corrected chi connectivity index (χ3v) is 8.11. The van der Waals surface area contributed by atoms with Crippen LogP contribution in [0.5, 0.6) is 0 Å². The van der Waals surface area contributed by atoms with Crippen molar-refractivity contribution in [1.29, 1.82) is 0 Å². The zero-order chi connectivity index (χ0) is 22.7. The van der Waals surface area contributed by atoms with E-state index in [2.05, 4.69) is 125 Å². The van der Waals surface area contributed by atoms with Crippen LogP contribution >= 0.6 is 0 Å². The zero-order valence-electron chi connectivity index (χ0n) is 18.9. The lowest BCUT2D eigenvalue weighted by molar-refractivity contribution is 1.18. The first-order valence-corrected chi connectivity index (χ1v) is 12.3. The van der Waals surface area contributed by atoms with Crippen molar-refractivity contribution >= 4 is 61.7 Å². The molecular weight excluding hydrogens is 423 g/mol. The standard InChI is InChI=1S/C32H19BN2/c1-2-9-22(10-3-1)35-26-13-5-4-11-23(26)24-12-7-15-28-31(24)33(35)25-19-18-21-17-16-20-8-6-14-27-29(20)30(21)32(25)34(27)28/h1-19H. The van der Waals surface area contributed by atoms with E-state index in [9.17, 15) is 0 Å². The largest absolute Gasteiger partial charge is 0.376 e. The van der Waals surface area contributed by atoms with E-state index in [1.165, 1.54) is 71.7 Å². The average Bonchev–Trinajstić information content (AvgIpc) is 3.28. The van der Waals surface area contributed by atoms with E-state index >= 15 is 0 Å². The van der Waals surface area contributed by atoms with Crippen LogP contribution < -0.4 is 15.7 Å². The van der Waals surface area contributed by atoms with Gasteiger partial charge in [-0.05, 0) is 57.6 Å². The van der Waals surface area contributed by atoms with Crippen LogP contribution in [0.2, 0.25) is 0 Å². The topological polar surface area (TPSA) is 8.17 Å². The lowest BCUT2D eigenvalue weighted by Gasteiger charge is -2.42. The third kappa shape index (κ3) is 2.04. The predicted octanol–water partition coefficient (Wildman–Crippen LogP) is 6.61. The molecule has 0 amide bonds. The Balaban J connectivity index is 1.53. The summed E-state index contributed by atoms with van der Waals surface area (Å²) in [4.78, 5) is 2.55. The van der Waals surface area contributed by atoms with E-state index in [1.807, 2.05) is 0 Å². The molecule has 0 unspecified atom stereocenters. The van der Waals surface area contributed by atoms with Gasteiger partial charge in [0, 0.05) is 33.4 Å². The summed E-state index contributed by atoms with van der Waals surface area (Å²) in [6, 6.07) is 42.6. The number of anilines is 2. The van der Waals surface area contributed by atoms with Crippen LogP contribution in [0, 0.1) is 0 Å². The van der Waals surface area contributed by atoms with E-state index in [-0.39, 0.29) is 6.85 Å². The van der Waals surface area contributed by atoms with E-state index in [0.29, 0.717) is 0 Å². The number of benzene rings is 6. The Morgan fingerprint density at radius 3 is 2.14 bits per heavy atom. The minimum absolute atomic E-state index is 0.110. The number of hydrogen-bond donors (Lipinski definition) is 0. The van der Waals surface area contributed by atoms with Crippen LogP contribution in [0.3, 0.4) is 0 Å². The van der Waals surface area contributed by atoms with Gasteiger partial charge in [-0.1, -0.05) is 84.9 Å². The van der Waals surface area contributed by atoms with Gasteiger partial charge in [0.1, 0.15) is 0 Å². The molecule has 0 radical (unpaired) electrons. The van der Waals surface area contributed by atoms with Gasteiger partial charge in [0.05, 0.1) is 11.0 Å². The molecule has 0 aliphatic carbocycles. The summed E-state index contributed by atoms with van der Waals surface area (Å²) in [6.45, 7) is 0.110. The Hall–Kier alpha value is -4.50. The first-order valence-electron chi connectivity index (χ1n) is 12.3. The normalized spacial score (nSPS) is 13.6. The molecule has 0 saturated carbocycles. The van der Waals surface area contributed by atoms with Crippen LogP contribution in [0.15, 0.2) is 115 Å². The molecule has 2 nitrogen and oxygen atoms in total. The third-order valence-electron chi connectivity index (χ3n) is 8.11. The molecule has 160 valence electrons. The number of aromatic nitrogens is 1. The highest BCUT2D eigenvalue weighted by atomic mass is 15.1. The monoisotopic (exact) mass is 442 g/mol. The molecule has 35 heavy (non-hydrogen) atoms. The molecular formula is C32H19BN2. The van der Waals surface area contributed by atoms with Crippen LogP contribution in [0.25, 0.3) is 49.4 Å². The second kappa shape index (κ2) is 6.14. The molecule has 0 bridgehead atoms.